The molecule has 0 aliphatic rings. The number of ether oxygens (including phenoxy) is 9. The molecule has 15 heteroatoms. The molecule has 99 heavy (non-hydrogen) atoms. The second kappa shape index (κ2) is 40.1. The van der Waals surface area contributed by atoms with Crippen LogP contribution in [-0.4, -0.2) is 115 Å². The van der Waals surface area contributed by atoms with Crippen molar-refractivity contribution in [1.82, 2.24) is 0 Å². The van der Waals surface area contributed by atoms with Crippen molar-refractivity contribution in [1.29, 1.82) is 0 Å². The highest BCUT2D eigenvalue weighted by atomic mass is 16.6. The summed E-state index contributed by atoms with van der Waals surface area (Å²) in [5.74, 6) is -3.00. The third-order valence-electron chi connectivity index (χ3n) is 17.4. The van der Waals surface area contributed by atoms with Gasteiger partial charge < -0.3 is 47.7 Å². The maximum atomic E-state index is 13.7. The Kier molecular flexibility index (Phi) is 29.7. The number of hydrogen-bond donors (Lipinski definition) is 1. The largest absolute Gasteiger partial charge is 0.478 e. The third-order valence-corrected chi connectivity index (χ3v) is 17.4. The summed E-state index contributed by atoms with van der Waals surface area (Å²) >= 11 is 0. The Labute approximate surface area is 580 Å². The number of rotatable bonds is 41. The molecule has 9 rings (SSSR count). The molecule has 9 aromatic carbocycles. The van der Waals surface area contributed by atoms with E-state index in [2.05, 4.69) is 122 Å². The molecular weight excluding hydrogens is 1250 g/mol. The first-order valence-corrected chi connectivity index (χ1v) is 34.1. The van der Waals surface area contributed by atoms with Crippen LogP contribution < -0.4 is 9.47 Å². The van der Waals surface area contributed by atoms with Gasteiger partial charge in [0.25, 0.3) is 0 Å². The van der Waals surface area contributed by atoms with Crippen LogP contribution >= 0.6 is 0 Å². The van der Waals surface area contributed by atoms with E-state index < -0.39 is 29.8 Å². The van der Waals surface area contributed by atoms with Gasteiger partial charge in [-0.25, -0.2) is 24.0 Å². The summed E-state index contributed by atoms with van der Waals surface area (Å²) in [6.45, 7) is 6.39. The first-order valence-electron chi connectivity index (χ1n) is 34.1. The topological polar surface area (TPSA) is 189 Å². The number of benzene rings is 9. The highest BCUT2D eigenvalue weighted by molar-refractivity contribution is 5.95. The molecule has 0 heterocycles. The van der Waals surface area contributed by atoms with Crippen molar-refractivity contribution in [2.24, 2.45) is 0 Å². The Bertz CT molecular complexity index is 3890. The lowest BCUT2D eigenvalue weighted by atomic mass is 9.74. The van der Waals surface area contributed by atoms with E-state index in [9.17, 15) is 29.1 Å². The smallest absolute Gasteiger partial charge is 0.343 e. The van der Waals surface area contributed by atoms with Gasteiger partial charge in [0.1, 0.15) is 18.1 Å². The average Bonchev–Trinajstić information content (AvgIpc) is 0.883. The van der Waals surface area contributed by atoms with E-state index >= 15 is 0 Å². The number of carboxylic acid groups (broad SMARTS) is 1. The lowest BCUT2D eigenvalue weighted by molar-refractivity contribution is -0.0129. The van der Waals surface area contributed by atoms with E-state index in [1.54, 1.807) is 92.0 Å². The minimum atomic E-state index is -1.33. The zero-order valence-electron chi connectivity index (χ0n) is 56.4. The van der Waals surface area contributed by atoms with Crippen LogP contribution in [0.2, 0.25) is 0 Å². The Morgan fingerprint density at radius 1 is 0.323 bits per heavy atom. The number of methoxy groups -OCH3 is 1. The lowest BCUT2D eigenvalue weighted by Gasteiger charge is -2.31. The molecule has 0 aliphatic carbocycles. The molecule has 0 spiro atoms. The van der Waals surface area contributed by atoms with Crippen LogP contribution in [0.3, 0.4) is 0 Å². The molecule has 4 atom stereocenters. The molecule has 0 amide bonds. The van der Waals surface area contributed by atoms with Gasteiger partial charge in [-0.05, 0) is 161 Å². The summed E-state index contributed by atoms with van der Waals surface area (Å²) < 4.78 is 49.3. The number of aromatic carboxylic acids is 1. The summed E-state index contributed by atoms with van der Waals surface area (Å²) in [7, 11) is 1.62. The molecule has 0 saturated heterocycles. The minimum absolute atomic E-state index is 0.0676. The van der Waals surface area contributed by atoms with Gasteiger partial charge in [-0.2, -0.15) is 0 Å². The van der Waals surface area contributed by atoms with Crippen molar-refractivity contribution < 1.29 is 71.7 Å². The number of unbranched alkanes of at least 4 members (excludes halogenated alkanes) is 2. The molecular formula is C84H88O15. The van der Waals surface area contributed by atoms with Crippen LogP contribution in [0.4, 0.5) is 0 Å². The van der Waals surface area contributed by atoms with Crippen molar-refractivity contribution >= 4 is 29.8 Å². The average molecular weight is 1340 g/mol. The van der Waals surface area contributed by atoms with Crippen molar-refractivity contribution in [3.63, 3.8) is 0 Å². The Morgan fingerprint density at radius 3 is 0.990 bits per heavy atom. The van der Waals surface area contributed by atoms with Gasteiger partial charge in [-0.1, -0.05) is 196 Å². The molecule has 1 N–H and O–H groups in total. The van der Waals surface area contributed by atoms with Gasteiger partial charge in [-0.15, -0.1) is 0 Å². The monoisotopic (exact) mass is 1340 g/mol. The highest BCUT2D eigenvalue weighted by Crippen LogP contribution is 2.43. The number of carbonyl (C=O) groups is 5. The fourth-order valence-electron chi connectivity index (χ4n) is 12.0. The second-order valence-electron chi connectivity index (χ2n) is 24.2. The maximum absolute atomic E-state index is 13.7. The number of carboxylic acids is 1. The zero-order valence-corrected chi connectivity index (χ0v) is 56.4. The van der Waals surface area contributed by atoms with Crippen LogP contribution in [-0.2, 0) is 33.2 Å². The zero-order chi connectivity index (χ0) is 69.2. The van der Waals surface area contributed by atoms with Crippen LogP contribution in [0.25, 0.3) is 22.3 Å². The molecule has 9 aromatic rings. The number of carbonyl (C=O) groups excluding carboxylic acids is 4. The van der Waals surface area contributed by atoms with Gasteiger partial charge in [0.15, 0.2) is 0 Å². The van der Waals surface area contributed by atoms with Gasteiger partial charge in [-0.3, -0.25) is 0 Å². The molecule has 0 radical (unpaired) electrons. The van der Waals surface area contributed by atoms with E-state index in [0.717, 1.165) is 54.0 Å². The van der Waals surface area contributed by atoms with Crippen molar-refractivity contribution in [3.05, 3.63) is 287 Å². The molecule has 514 valence electrons. The van der Waals surface area contributed by atoms with E-state index in [4.69, 9.17) is 42.6 Å². The molecule has 0 fully saturated rings. The predicted octanol–water partition coefficient (Wildman–Crippen LogP) is 17.5. The number of hydrogen-bond acceptors (Lipinski definition) is 14. The van der Waals surface area contributed by atoms with E-state index in [1.807, 2.05) is 18.2 Å². The second-order valence-corrected chi connectivity index (χ2v) is 24.2. The number of esters is 4. The van der Waals surface area contributed by atoms with Gasteiger partial charge >= 0.3 is 29.8 Å². The fraction of sp³-hybridized carbons (Fsp3) is 0.298. The first-order chi connectivity index (χ1) is 48.5. The van der Waals surface area contributed by atoms with Gasteiger partial charge in [0, 0.05) is 13.2 Å². The van der Waals surface area contributed by atoms with Crippen molar-refractivity contribution in [2.45, 2.75) is 82.0 Å². The summed E-state index contributed by atoms with van der Waals surface area (Å²) in [5, 5.41) is 9.96. The Balaban J connectivity index is 0.748. The Hall–Kier alpha value is -9.87. The lowest BCUT2D eigenvalue weighted by Crippen LogP contribution is -2.16. The van der Waals surface area contributed by atoms with E-state index in [0.29, 0.717) is 82.2 Å². The maximum Gasteiger partial charge on any atom is 0.343 e. The van der Waals surface area contributed by atoms with Crippen molar-refractivity contribution in [3.8, 4) is 33.8 Å². The SMILES string of the molecule is CCCCCC(CC(CC(CC(CCOC(=O)c1ccc(-c2ccc(C(=O)Oc3cc(OC(=O)c4ccc(-c5ccc(C(=O)OCCOCCOCCOCCOCCOC)cc5)cc4)cc(C(=O)O)c3)cc2)cc1)c1ccccc1)c1ccccc1)c1ccccc1)c1ccccc1. The third kappa shape index (κ3) is 23.7. The highest BCUT2D eigenvalue weighted by Gasteiger charge is 2.28. The molecule has 0 aliphatic heterocycles. The van der Waals surface area contributed by atoms with Crippen LogP contribution in [0, 0.1) is 0 Å². The van der Waals surface area contributed by atoms with Crippen LogP contribution in [0.5, 0.6) is 11.5 Å². The standard InChI is InChI=1S/C84H88O15/c1-3-4-9-26-73(61-18-10-5-11-19-61)55-75(63-22-14-7-15-23-63)57-76(64-24-16-8-17-25-64)56-74(62-20-12-6-13-21-62)43-44-96-81(87)69-35-27-65(28-36-69)67-31-39-71(40-32-67)83(89)98-78-58-77(80(85)86)59-79(60-78)99-84(90)72-41-33-68(34-42-72)66-29-37-70(38-30-66)82(88)97-54-53-95-52-51-94-50-49-93-48-47-92-46-45-91-2/h5-8,10-25,27-42,58-60,73-76H,3-4,9,26,43-57H2,1-2H3,(H,85,86). The van der Waals surface area contributed by atoms with Crippen molar-refractivity contribution in [2.75, 3.05) is 79.8 Å². The summed E-state index contributed by atoms with van der Waals surface area (Å²) in [6, 6.07) is 74.2. The summed E-state index contributed by atoms with van der Waals surface area (Å²) in [6.07, 6.45) is 8.33. The van der Waals surface area contributed by atoms with E-state index in [1.165, 1.54) is 53.6 Å². The first kappa shape index (κ1) is 73.4. The van der Waals surface area contributed by atoms with Crippen LogP contribution in [0.15, 0.2) is 237 Å². The molecule has 0 bridgehead atoms. The summed E-state index contributed by atoms with van der Waals surface area (Å²) in [5.41, 5.74) is 9.22. The van der Waals surface area contributed by atoms with Crippen LogP contribution in [0.1, 0.15) is 156 Å². The van der Waals surface area contributed by atoms with E-state index in [-0.39, 0.29) is 59.8 Å². The molecule has 0 aromatic heterocycles. The normalized spacial score (nSPS) is 12.4. The molecule has 4 unspecified atom stereocenters. The fourth-order valence-corrected chi connectivity index (χ4v) is 12.0. The predicted molar refractivity (Wildman–Crippen MR) is 382 cm³/mol. The molecule has 0 saturated carbocycles. The van der Waals surface area contributed by atoms with Gasteiger partial charge in [0.2, 0.25) is 0 Å². The van der Waals surface area contributed by atoms with Gasteiger partial charge in [0.05, 0.1) is 93.9 Å². The minimum Gasteiger partial charge on any atom is -0.478 e. The quantitative estimate of drug-likeness (QED) is 0.0216. The Morgan fingerprint density at radius 2 is 0.636 bits per heavy atom. The summed E-state index contributed by atoms with van der Waals surface area (Å²) in [4.78, 5) is 65.6. The molecule has 15 nitrogen and oxygen atoms in total.